The van der Waals surface area contributed by atoms with Crippen LogP contribution in [0.3, 0.4) is 0 Å². The largest absolute Gasteiger partial charge is 0.486 e. The molecule has 0 aliphatic heterocycles. The first-order valence-electron chi connectivity index (χ1n) is 13.9. The molecule has 2 rings (SSSR count). The number of carbonyl (C=O) groups is 1. The number of furan rings is 1. The Hall–Kier alpha value is -1.94. The van der Waals surface area contributed by atoms with Crippen molar-refractivity contribution in [3.63, 3.8) is 0 Å². The second kappa shape index (κ2) is 19.3. The summed E-state index contributed by atoms with van der Waals surface area (Å²) in [6.45, 7) is 3.22. The van der Waals surface area contributed by atoms with Gasteiger partial charge >= 0.3 is 0 Å². The summed E-state index contributed by atoms with van der Waals surface area (Å²) in [6.07, 6.45) is 21.5. The molecule has 1 aromatic heterocycles. The maximum atomic E-state index is 12.3. The maximum absolute atomic E-state index is 12.3. The molecule has 0 atom stereocenters. The molecule has 196 valence electrons. The van der Waals surface area contributed by atoms with E-state index in [1.54, 1.807) is 24.3 Å². The lowest BCUT2D eigenvalue weighted by molar-refractivity contribution is 0.0921. The van der Waals surface area contributed by atoms with Crippen molar-refractivity contribution in [2.75, 3.05) is 6.54 Å². The second-order valence-corrected chi connectivity index (χ2v) is 10.0. The van der Waals surface area contributed by atoms with Crippen molar-refractivity contribution >= 4 is 17.5 Å². The fraction of sp³-hybridized carbons (Fsp3) is 0.633. The minimum Gasteiger partial charge on any atom is -0.486 e. The predicted octanol–water partition coefficient (Wildman–Crippen LogP) is 9.50. The van der Waals surface area contributed by atoms with E-state index in [9.17, 15) is 4.79 Å². The van der Waals surface area contributed by atoms with E-state index in [-0.39, 0.29) is 12.5 Å². The number of ether oxygens (including phenoxy) is 1. The van der Waals surface area contributed by atoms with Crippen LogP contribution in [0, 0.1) is 0 Å². The normalized spacial score (nSPS) is 11.0. The quantitative estimate of drug-likeness (QED) is 0.172. The first kappa shape index (κ1) is 29.3. The Balaban J connectivity index is 1.39. The molecule has 1 amide bonds. The molecule has 1 N–H and O–H groups in total. The van der Waals surface area contributed by atoms with Gasteiger partial charge in [0.15, 0.2) is 5.76 Å². The topological polar surface area (TPSA) is 51.5 Å². The molecule has 0 aliphatic carbocycles. The van der Waals surface area contributed by atoms with Crippen molar-refractivity contribution in [3.8, 4) is 5.75 Å². The van der Waals surface area contributed by atoms with E-state index in [4.69, 9.17) is 20.8 Å². The van der Waals surface area contributed by atoms with Gasteiger partial charge in [-0.1, -0.05) is 121 Å². The highest BCUT2D eigenvalue weighted by molar-refractivity contribution is 6.30. The van der Waals surface area contributed by atoms with Gasteiger partial charge in [0.2, 0.25) is 0 Å². The van der Waals surface area contributed by atoms with Crippen LogP contribution in [0.25, 0.3) is 0 Å². The van der Waals surface area contributed by atoms with E-state index >= 15 is 0 Å². The van der Waals surface area contributed by atoms with Crippen molar-refractivity contribution in [2.45, 2.75) is 116 Å². The molecule has 0 unspecified atom stereocenters. The Labute approximate surface area is 218 Å². The summed E-state index contributed by atoms with van der Waals surface area (Å²) in [4.78, 5) is 12.3. The Bertz CT molecular complexity index is 804. The van der Waals surface area contributed by atoms with Gasteiger partial charge in [0.25, 0.3) is 5.91 Å². The van der Waals surface area contributed by atoms with Crippen LogP contribution in [0.15, 0.2) is 40.8 Å². The molecule has 0 fully saturated rings. The van der Waals surface area contributed by atoms with E-state index < -0.39 is 0 Å². The number of hydrogen-bond acceptors (Lipinski definition) is 3. The van der Waals surface area contributed by atoms with E-state index in [1.165, 1.54) is 89.9 Å². The van der Waals surface area contributed by atoms with Gasteiger partial charge in [-0.2, -0.15) is 0 Å². The molecule has 0 bridgehead atoms. The summed E-state index contributed by atoms with van der Waals surface area (Å²) in [6, 6.07) is 10.7. The minimum atomic E-state index is -0.167. The Morgan fingerprint density at radius 2 is 1.37 bits per heavy atom. The number of unbranched alkanes of at least 4 members (excludes halogenated alkanes) is 15. The highest BCUT2D eigenvalue weighted by atomic mass is 35.5. The smallest absolute Gasteiger partial charge is 0.286 e. The molecular formula is C30H46ClNO3. The summed E-state index contributed by atoms with van der Waals surface area (Å²) in [5.41, 5.74) is 0. The van der Waals surface area contributed by atoms with Crippen LogP contribution in [-0.4, -0.2) is 12.5 Å². The molecule has 2 aromatic rings. The van der Waals surface area contributed by atoms with Crippen LogP contribution in [0.5, 0.6) is 5.75 Å². The molecular weight excluding hydrogens is 458 g/mol. The average Bonchev–Trinajstić information content (AvgIpc) is 3.34. The molecule has 4 nitrogen and oxygen atoms in total. The lowest BCUT2D eigenvalue weighted by Gasteiger charge is -2.05. The van der Waals surface area contributed by atoms with Gasteiger partial charge in [-0.05, 0) is 36.8 Å². The van der Waals surface area contributed by atoms with Crippen molar-refractivity contribution < 1.29 is 13.9 Å². The van der Waals surface area contributed by atoms with E-state index in [1.807, 2.05) is 12.1 Å². The third-order valence-corrected chi connectivity index (χ3v) is 6.61. The van der Waals surface area contributed by atoms with Gasteiger partial charge in [0, 0.05) is 11.6 Å². The molecule has 0 spiro atoms. The van der Waals surface area contributed by atoms with Crippen LogP contribution in [-0.2, 0) is 6.61 Å². The standard InChI is InChI=1S/C30H46ClNO3/c1-2-3-4-5-6-7-8-9-10-11-12-13-14-15-16-17-23-32-30(33)29-22-21-28(35-29)25-34-27-20-18-19-26(31)24-27/h18-22,24H,2-17,23,25H2,1H3,(H,32,33). The Kier molecular flexibility index (Phi) is 16.1. The molecule has 0 saturated carbocycles. The third-order valence-electron chi connectivity index (χ3n) is 6.38. The zero-order chi connectivity index (χ0) is 25.0. The van der Waals surface area contributed by atoms with Crippen LogP contribution in [0.2, 0.25) is 5.02 Å². The van der Waals surface area contributed by atoms with Crippen molar-refractivity contribution in [1.82, 2.24) is 5.32 Å². The average molecular weight is 504 g/mol. The van der Waals surface area contributed by atoms with Gasteiger partial charge in [0.1, 0.15) is 18.1 Å². The fourth-order valence-corrected chi connectivity index (χ4v) is 4.43. The van der Waals surface area contributed by atoms with Crippen LogP contribution in [0.1, 0.15) is 126 Å². The molecule has 0 saturated heterocycles. The number of hydrogen-bond donors (Lipinski definition) is 1. The second-order valence-electron chi connectivity index (χ2n) is 9.57. The zero-order valence-electron chi connectivity index (χ0n) is 21.8. The zero-order valence-corrected chi connectivity index (χ0v) is 22.6. The third kappa shape index (κ3) is 14.3. The lowest BCUT2D eigenvalue weighted by Crippen LogP contribution is -2.23. The molecule has 35 heavy (non-hydrogen) atoms. The minimum absolute atomic E-state index is 0.167. The summed E-state index contributed by atoms with van der Waals surface area (Å²) in [5, 5.41) is 3.57. The van der Waals surface area contributed by atoms with Gasteiger partial charge in [-0.15, -0.1) is 0 Å². The monoisotopic (exact) mass is 503 g/mol. The maximum Gasteiger partial charge on any atom is 0.286 e. The van der Waals surface area contributed by atoms with Crippen LogP contribution in [0.4, 0.5) is 0 Å². The van der Waals surface area contributed by atoms with E-state index in [0.717, 1.165) is 12.8 Å². The summed E-state index contributed by atoms with van der Waals surface area (Å²) in [5.74, 6) is 1.44. The first-order valence-corrected chi connectivity index (χ1v) is 14.3. The molecule has 0 radical (unpaired) electrons. The number of halogens is 1. The molecule has 1 heterocycles. The van der Waals surface area contributed by atoms with Crippen molar-refractivity contribution in [1.29, 1.82) is 0 Å². The Morgan fingerprint density at radius 3 is 1.94 bits per heavy atom. The first-order chi connectivity index (χ1) is 17.2. The SMILES string of the molecule is CCCCCCCCCCCCCCCCCCNC(=O)c1ccc(COc2cccc(Cl)c2)o1. The van der Waals surface area contributed by atoms with Crippen molar-refractivity contribution in [2.24, 2.45) is 0 Å². The summed E-state index contributed by atoms with van der Waals surface area (Å²) >= 11 is 5.96. The Morgan fingerprint density at radius 1 is 0.800 bits per heavy atom. The van der Waals surface area contributed by atoms with Crippen LogP contribution < -0.4 is 10.1 Å². The summed E-state index contributed by atoms with van der Waals surface area (Å²) < 4.78 is 11.3. The number of amides is 1. The number of rotatable bonds is 21. The van der Waals surface area contributed by atoms with Gasteiger partial charge in [-0.3, -0.25) is 4.79 Å². The van der Waals surface area contributed by atoms with Gasteiger partial charge in [0.05, 0.1) is 0 Å². The van der Waals surface area contributed by atoms with Gasteiger partial charge in [-0.25, -0.2) is 0 Å². The predicted molar refractivity (Wildman–Crippen MR) is 146 cm³/mol. The molecule has 0 aliphatic rings. The molecule has 5 heteroatoms. The molecule has 1 aromatic carbocycles. The number of benzene rings is 1. The highest BCUT2D eigenvalue weighted by Crippen LogP contribution is 2.19. The number of nitrogens with one attached hydrogen (secondary N) is 1. The fourth-order valence-electron chi connectivity index (χ4n) is 4.25. The van der Waals surface area contributed by atoms with Crippen LogP contribution >= 0.6 is 11.6 Å². The van der Waals surface area contributed by atoms with E-state index in [0.29, 0.717) is 28.8 Å². The van der Waals surface area contributed by atoms with Gasteiger partial charge < -0.3 is 14.5 Å². The highest BCUT2D eigenvalue weighted by Gasteiger charge is 2.11. The number of carbonyl (C=O) groups excluding carboxylic acids is 1. The lowest BCUT2D eigenvalue weighted by atomic mass is 10.0. The van der Waals surface area contributed by atoms with Crippen molar-refractivity contribution in [3.05, 3.63) is 52.9 Å². The van der Waals surface area contributed by atoms with E-state index in [2.05, 4.69) is 12.2 Å². The summed E-state index contributed by atoms with van der Waals surface area (Å²) in [7, 11) is 0.